The van der Waals surface area contributed by atoms with E-state index in [2.05, 4.69) is 26.6 Å². The summed E-state index contributed by atoms with van der Waals surface area (Å²) in [6.45, 7) is 4.16. The first-order valence-electron chi connectivity index (χ1n) is 7.67. The minimum Gasteiger partial charge on any atom is -0.460 e. The average molecular weight is 359 g/mol. The molecular formula is C18H15F2N3O3. The second-order valence-corrected chi connectivity index (χ2v) is 5.48. The Morgan fingerprint density at radius 3 is 2.69 bits per heavy atom. The van der Waals surface area contributed by atoms with Crippen LogP contribution in [-0.4, -0.2) is 22.0 Å². The number of carbonyl (C=O) groups is 1. The van der Waals surface area contributed by atoms with Gasteiger partial charge in [0.05, 0.1) is 12.8 Å². The first kappa shape index (κ1) is 17.5. The van der Waals surface area contributed by atoms with Crippen molar-refractivity contribution in [1.82, 2.24) is 15.3 Å². The molecule has 0 saturated carbocycles. The maximum Gasteiger partial charge on any atom is 0.394 e. The van der Waals surface area contributed by atoms with Crippen LogP contribution in [0.25, 0.3) is 22.4 Å². The van der Waals surface area contributed by atoms with E-state index in [0.29, 0.717) is 35.1 Å². The number of carbonyl (C=O) groups excluding carboxylic acids is 1. The van der Waals surface area contributed by atoms with Gasteiger partial charge in [-0.1, -0.05) is 6.58 Å². The summed E-state index contributed by atoms with van der Waals surface area (Å²) in [6.07, 6.45) is -0.634. The standard InChI is InChI=1S/C18H15F2N3O3/c1-3-15(24)21-10-14-22-13-8-9-25-17(13)16(23-14)11-4-6-12(7-5-11)26-18(2,19)20/h3-9H,1,10H2,2H3,(H,21,24). The quantitative estimate of drug-likeness (QED) is 0.679. The lowest BCUT2D eigenvalue weighted by Gasteiger charge is -2.13. The topological polar surface area (TPSA) is 77.2 Å². The number of hydrogen-bond donors (Lipinski definition) is 1. The van der Waals surface area contributed by atoms with Gasteiger partial charge in [0.25, 0.3) is 0 Å². The molecule has 0 aliphatic carbocycles. The fourth-order valence-electron chi connectivity index (χ4n) is 2.31. The number of fused-ring (bicyclic) bond motifs is 1. The molecule has 0 fully saturated rings. The lowest BCUT2D eigenvalue weighted by molar-refractivity contribution is -0.158. The Bertz CT molecular complexity index is 946. The number of nitrogens with zero attached hydrogens (tertiary/aromatic N) is 2. The van der Waals surface area contributed by atoms with Crippen molar-refractivity contribution in [1.29, 1.82) is 0 Å². The second-order valence-electron chi connectivity index (χ2n) is 5.48. The second kappa shape index (κ2) is 6.91. The number of benzene rings is 1. The lowest BCUT2D eigenvalue weighted by Crippen LogP contribution is -2.21. The molecule has 2 aromatic heterocycles. The molecule has 2 heterocycles. The van der Waals surface area contributed by atoms with Gasteiger partial charge in [0.1, 0.15) is 22.8 Å². The molecule has 1 amide bonds. The van der Waals surface area contributed by atoms with E-state index >= 15 is 0 Å². The molecular weight excluding hydrogens is 344 g/mol. The molecule has 0 aliphatic rings. The van der Waals surface area contributed by atoms with Crippen molar-refractivity contribution >= 4 is 17.0 Å². The minimum absolute atomic E-state index is 0.0319. The SMILES string of the molecule is C=CC(=O)NCc1nc(-c2ccc(OC(C)(F)F)cc2)c2occc2n1. The third-order valence-corrected chi connectivity index (χ3v) is 3.38. The highest BCUT2D eigenvalue weighted by Crippen LogP contribution is 2.29. The summed E-state index contributed by atoms with van der Waals surface area (Å²) < 4.78 is 35.8. The van der Waals surface area contributed by atoms with Gasteiger partial charge in [-0.05, 0) is 30.3 Å². The molecule has 134 valence electrons. The van der Waals surface area contributed by atoms with Gasteiger partial charge < -0.3 is 14.5 Å². The van der Waals surface area contributed by atoms with Crippen LogP contribution in [0.15, 0.2) is 53.7 Å². The zero-order valence-corrected chi connectivity index (χ0v) is 13.8. The minimum atomic E-state index is -3.26. The normalized spacial score (nSPS) is 11.3. The molecule has 0 spiro atoms. The van der Waals surface area contributed by atoms with Crippen LogP contribution in [0.4, 0.5) is 8.78 Å². The lowest BCUT2D eigenvalue weighted by atomic mass is 10.1. The highest BCUT2D eigenvalue weighted by molar-refractivity contribution is 5.88. The Kier molecular flexibility index (Phi) is 4.66. The molecule has 0 saturated heterocycles. The Hall–Kier alpha value is -3.29. The van der Waals surface area contributed by atoms with Gasteiger partial charge in [0.15, 0.2) is 5.58 Å². The van der Waals surface area contributed by atoms with Crippen molar-refractivity contribution in [2.24, 2.45) is 0 Å². The van der Waals surface area contributed by atoms with E-state index in [0.717, 1.165) is 6.08 Å². The monoisotopic (exact) mass is 359 g/mol. The molecule has 6 nitrogen and oxygen atoms in total. The van der Waals surface area contributed by atoms with Crippen molar-refractivity contribution in [2.75, 3.05) is 0 Å². The number of rotatable bonds is 6. The third-order valence-electron chi connectivity index (χ3n) is 3.38. The molecule has 26 heavy (non-hydrogen) atoms. The summed E-state index contributed by atoms with van der Waals surface area (Å²) in [4.78, 5) is 20.1. The van der Waals surface area contributed by atoms with Crippen LogP contribution >= 0.6 is 0 Å². The molecule has 3 rings (SSSR count). The Balaban J connectivity index is 1.94. The molecule has 0 bridgehead atoms. The van der Waals surface area contributed by atoms with Crippen molar-refractivity contribution < 1.29 is 22.7 Å². The van der Waals surface area contributed by atoms with E-state index in [1.165, 1.54) is 18.4 Å². The number of furan rings is 1. The predicted molar refractivity (Wildman–Crippen MR) is 90.5 cm³/mol. The Labute approximate surface area is 147 Å². The van der Waals surface area contributed by atoms with Crippen LogP contribution in [0.3, 0.4) is 0 Å². The Morgan fingerprint density at radius 1 is 1.31 bits per heavy atom. The van der Waals surface area contributed by atoms with Gasteiger partial charge in [-0.15, -0.1) is 0 Å². The molecule has 0 aliphatic heterocycles. The molecule has 0 radical (unpaired) electrons. The molecule has 1 aromatic carbocycles. The van der Waals surface area contributed by atoms with Crippen molar-refractivity contribution in [2.45, 2.75) is 19.6 Å². The average Bonchev–Trinajstić information content (AvgIpc) is 3.06. The van der Waals surface area contributed by atoms with E-state index in [1.807, 2.05) is 0 Å². The van der Waals surface area contributed by atoms with Crippen LogP contribution in [0.5, 0.6) is 5.75 Å². The zero-order valence-electron chi connectivity index (χ0n) is 13.8. The van der Waals surface area contributed by atoms with Gasteiger partial charge in [0.2, 0.25) is 5.91 Å². The van der Waals surface area contributed by atoms with Crippen LogP contribution in [0.1, 0.15) is 12.7 Å². The van der Waals surface area contributed by atoms with Crippen LogP contribution in [-0.2, 0) is 11.3 Å². The van der Waals surface area contributed by atoms with E-state index in [9.17, 15) is 13.6 Å². The molecule has 8 heteroatoms. The zero-order chi connectivity index (χ0) is 18.7. The maximum absolute atomic E-state index is 12.9. The summed E-state index contributed by atoms with van der Waals surface area (Å²) in [6, 6.07) is 7.70. The molecule has 1 N–H and O–H groups in total. The van der Waals surface area contributed by atoms with Crippen molar-refractivity contribution in [3.8, 4) is 17.0 Å². The molecule has 0 unspecified atom stereocenters. The summed E-state index contributed by atoms with van der Waals surface area (Å²) in [7, 11) is 0. The fourth-order valence-corrected chi connectivity index (χ4v) is 2.31. The number of nitrogens with one attached hydrogen (secondary N) is 1. The van der Waals surface area contributed by atoms with E-state index in [4.69, 9.17) is 4.42 Å². The Morgan fingerprint density at radius 2 is 2.04 bits per heavy atom. The van der Waals surface area contributed by atoms with E-state index in [1.54, 1.807) is 18.2 Å². The van der Waals surface area contributed by atoms with E-state index < -0.39 is 6.11 Å². The number of halogens is 2. The highest BCUT2D eigenvalue weighted by atomic mass is 19.3. The third kappa shape index (κ3) is 4.02. The fraction of sp³-hybridized carbons (Fsp3) is 0.167. The van der Waals surface area contributed by atoms with Gasteiger partial charge in [-0.2, -0.15) is 8.78 Å². The number of aromatic nitrogens is 2. The maximum atomic E-state index is 12.9. The van der Waals surface area contributed by atoms with Gasteiger partial charge in [-0.3, -0.25) is 4.79 Å². The number of amides is 1. The predicted octanol–water partition coefficient (Wildman–Crippen LogP) is 3.68. The summed E-state index contributed by atoms with van der Waals surface area (Å²) >= 11 is 0. The van der Waals surface area contributed by atoms with Gasteiger partial charge in [0, 0.05) is 18.6 Å². The number of alkyl halides is 2. The first-order chi connectivity index (χ1) is 12.4. The summed E-state index contributed by atoms with van der Waals surface area (Å²) in [5.74, 6) is 0.0680. The molecule has 0 atom stereocenters. The van der Waals surface area contributed by atoms with Crippen molar-refractivity contribution in [3.05, 3.63) is 55.1 Å². The van der Waals surface area contributed by atoms with Crippen LogP contribution in [0.2, 0.25) is 0 Å². The molecule has 3 aromatic rings. The van der Waals surface area contributed by atoms with Crippen LogP contribution in [0, 0.1) is 0 Å². The first-order valence-corrected chi connectivity index (χ1v) is 7.67. The van der Waals surface area contributed by atoms with E-state index in [-0.39, 0.29) is 18.2 Å². The number of ether oxygens (including phenoxy) is 1. The number of hydrogen-bond acceptors (Lipinski definition) is 5. The highest BCUT2D eigenvalue weighted by Gasteiger charge is 2.23. The van der Waals surface area contributed by atoms with Crippen molar-refractivity contribution in [3.63, 3.8) is 0 Å². The largest absolute Gasteiger partial charge is 0.460 e. The van der Waals surface area contributed by atoms with Gasteiger partial charge >= 0.3 is 6.11 Å². The smallest absolute Gasteiger partial charge is 0.394 e. The summed E-state index contributed by atoms with van der Waals surface area (Å²) in [5.41, 5.74) is 2.14. The van der Waals surface area contributed by atoms with Gasteiger partial charge in [-0.25, -0.2) is 9.97 Å². The summed E-state index contributed by atoms with van der Waals surface area (Å²) in [5, 5.41) is 2.60. The van der Waals surface area contributed by atoms with Crippen LogP contribution < -0.4 is 10.1 Å².